The quantitative estimate of drug-likeness (QED) is 0.266. The van der Waals surface area contributed by atoms with Gasteiger partial charge in [0.1, 0.15) is 10.6 Å². The summed E-state index contributed by atoms with van der Waals surface area (Å²) in [4.78, 5) is 4.64. The van der Waals surface area contributed by atoms with E-state index in [1.807, 2.05) is 0 Å². The summed E-state index contributed by atoms with van der Waals surface area (Å²) in [6.07, 6.45) is 2.19. The lowest BCUT2D eigenvalue weighted by molar-refractivity contribution is 0.486. The number of nitrogens with one attached hydrogen (secondary N) is 3. The number of fused-ring (bicyclic) bond motifs is 1. The number of rotatable bonds is 12. The zero-order valence-electron chi connectivity index (χ0n) is 18.1. The topological polar surface area (TPSA) is 92.4 Å². The number of hydrogen-bond donors (Lipinski definition) is 3. The highest BCUT2D eigenvalue weighted by atomic mass is 32.2. The van der Waals surface area contributed by atoms with Crippen molar-refractivity contribution in [2.75, 3.05) is 30.3 Å². The highest BCUT2D eigenvalue weighted by Gasteiger charge is 2.17. The molecule has 0 aliphatic rings. The van der Waals surface area contributed by atoms with Crippen LogP contribution in [0.3, 0.4) is 0 Å². The van der Waals surface area contributed by atoms with E-state index in [1.165, 1.54) is 11.3 Å². The molecule has 0 amide bonds. The molecule has 3 N–H and O–H groups in total. The minimum atomic E-state index is -3.92. The third-order valence-corrected chi connectivity index (χ3v) is 6.76. The maximum atomic E-state index is 12.7. The smallest absolute Gasteiger partial charge is 0.339 e. The van der Waals surface area contributed by atoms with Crippen molar-refractivity contribution in [1.82, 2.24) is 10.3 Å². The van der Waals surface area contributed by atoms with Gasteiger partial charge in [-0.2, -0.15) is 8.42 Å². The Morgan fingerprint density at radius 2 is 1.81 bits per heavy atom. The summed E-state index contributed by atoms with van der Waals surface area (Å²) in [5.74, 6) is 0.276. The van der Waals surface area contributed by atoms with Crippen LogP contribution in [-0.2, 0) is 10.1 Å². The third kappa shape index (κ3) is 6.81. The zero-order chi connectivity index (χ0) is 22.3. The normalized spacial score (nSPS) is 11.7. The van der Waals surface area contributed by atoms with Gasteiger partial charge in [-0.3, -0.25) is 0 Å². The first-order valence-electron chi connectivity index (χ1n) is 10.5. The number of aromatic nitrogens is 1. The Morgan fingerprint density at radius 3 is 2.52 bits per heavy atom. The molecule has 1 aromatic heterocycles. The highest BCUT2D eigenvalue weighted by molar-refractivity contribution is 7.87. The number of nitrogens with zero attached hydrogens (tertiary/aromatic N) is 1. The van der Waals surface area contributed by atoms with E-state index < -0.39 is 10.1 Å². The van der Waals surface area contributed by atoms with Gasteiger partial charge in [-0.05, 0) is 42.8 Å². The standard InChI is InChI=1S/C22H30N4O3S2/c1-4-5-12-25-22-26-20-11-8-18(15-21(20)30-22)29-31(27,28)19-9-6-17(7-10-19)24-14-13-23-16(2)3/h6-11,15-16,23-24H,4-5,12-14H2,1-3H3,(H,25,26). The Hall–Kier alpha value is -2.36. The van der Waals surface area contributed by atoms with Gasteiger partial charge in [-0.1, -0.05) is 38.5 Å². The van der Waals surface area contributed by atoms with Gasteiger partial charge in [0.25, 0.3) is 0 Å². The lowest BCUT2D eigenvalue weighted by Crippen LogP contribution is -2.28. The van der Waals surface area contributed by atoms with E-state index in [2.05, 4.69) is 41.7 Å². The largest absolute Gasteiger partial charge is 0.384 e. The second-order valence-electron chi connectivity index (χ2n) is 7.53. The fourth-order valence-electron chi connectivity index (χ4n) is 2.89. The first-order valence-corrected chi connectivity index (χ1v) is 12.8. The highest BCUT2D eigenvalue weighted by Crippen LogP contribution is 2.30. The number of hydrogen-bond acceptors (Lipinski definition) is 8. The van der Waals surface area contributed by atoms with Gasteiger partial charge in [-0.15, -0.1) is 0 Å². The van der Waals surface area contributed by atoms with E-state index in [-0.39, 0.29) is 10.6 Å². The van der Waals surface area contributed by atoms with Gasteiger partial charge >= 0.3 is 10.1 Å². The number of thiazole rings is 1. The first kappa shape index (κ1) is 23.3. The molecular formula is C22H30N4O3S2. The molecule has 0 unspecified atom stereocenters. The van der Waals surface area contributed by atoms with Crippen molar-refractivity contribution >= 4 is 42.5 Å². The van der Waals surface area contributed by atoms with Gasteiger partial charge in [0, 0.05) is 37.4 Å². The SMILES string of the molecule is CCCCNc1nc2ccc(OS(=O)(=O)c3ccc(NCCNC(C)C)cc3)cc2s1. The number of unbranched alkanes of at least 4 members (excludes halogenated alkanes) is 1. The Bertz CT molecular complexity index is 1080. The fourth-order valence-corrected chi connectivity index (χ4v) is 4.73. The van der Waals surface area contributed by atoms with Crippen LogP contribution in [0, 0.1) is 0 Å². The van der Waals surface area contributed by atoms with Crippen molar-refractivity contribution in [3.8, 4) is 5.75 Å². The molecule has 0 aliphatic carbocycles. The predicted octanol–water partition coefficient (Wildman–Crippen LogP) is 4.69. The molecule has 2 aromatic carbocycles. The lowest BCUT2D eigenvalue weighted by Gasteiger charge is -2.11. The lowest BCUT2D eigenvalue weighted by atomic mass is 10.3. The van der Waals surface area contributed by atoms with Gasteiger partial charge in [0.15, 0.2) is 5.13 Å². The molecule has 3 rings (SSSR count). The molecule has 0 bridgehead atoms. The van der Waals surface area contributed by atoms with Gasteiger partial charge in [-0.25, -0.2) is 4.98 Å². The second-order valence-corrected chi connectivity index (χ2v) is 10.1. The van der Waals surface area contributed by atoms with Gasteiger partial charge < -0.3 is 20.1 Å². The molecule has 31 heavy (non-hydrogen) atoms. The molecule has 0 saturated carbocycles. The molecule has 9 heteroatoms. The van der Waals surface area contributed by atoms with Crippen molar-refractivity contribution < 1.29 is 12.6 Å². The molecule has 3 aromatic rings. The zero-order valence-corrected chi connectivity index (χ0v) is 19.8. The minimum Gasteiger partial charge on any atom is -0.384 e. The van der Waals surface area contributed by atoms with Crippen LogP contribution in [0.2, 0.25) is 0 Å². The molecule has 0 aliphatic heterocycles. The Kier molecular flexibility index (Phi) is 8.11. The molecular weight excluding hydrogens is 432 g/mol. The monoisotopic (exact) mass is 462 g/mol. The van der Waals surface area contributed by atoms with Crippen LogP contribution in [0.1, 0.15) is 33.6 Å². The van der Waals surface area contributed by atoms with Crippen molar-refractivity contribution in [3.63, 3.8) is 0 Å². The van der Waals surface area contributed by atoms with Crippen LogP contribution < -0.4 is 20.1 Å². The van der Waals surface area contributed by atoms with E-state index in [9.17, 15) is 8.42 Å². The third-order valence-electron chi connectivity index (χ3n) is 4.52. The van der Waals surface area contributed by atoms with Crippen molar-refractivity contribution in [1.29, 1.82) is 0 Å². The summed E-state index contributed by atoms with van der Waals surface area (Å²) in [6, 6.07) is 12.1. The van der Waals surface area contributed by atoms with Crippen LogP contribution in [0.4, 0.5) is 10.8 Å². The fraction of sp³-hybridized carbons (Fsp3) is 0.409. The van der Waals surface area contributed by atoms with Crippen LogP contribution >= 0.6 is 11.3 Å². The molecule has 0 spiro atoms. The Balaban J connectivity index is 1.63. The summed E-state index contributed by atoms with van der Waals surface area (Å²) in [7, 11) is -3.92. The van der Waals surface area contributed by atoms with E-state index in [0.717, 1.165) is 53.5 Å². The Labute approximate surface area is 188 Å². The van der Waals surface area contributed by atoms with Gasteiger partial charge in [0.2, 0.25) is 0 Å². The van der Waals surface area contributed by atoms with Crippen molar-refractivity contribution in [3.05, 3.63) is 42.5 Å². The summed E-state index contributed by atoms with van der Waals surface area (Å²) < 4.78 is 31.6. The summed E-state index contributed by atoms with van der Waals surface area (Å²) in [5.41, 5.74) is 1.68. The van der Waals surface area contributed by atoms with Crippen molar-refractivity contribution in [2.24, 2.45) is 0 Å². The van der Waals surface area contributed by atoms with E-state index in [1.54, 1.807) is 42.5 Å². The first-order chi connectivity index (χ1) is 14.9. The molecule has 7 nitrogen and oxygen atoms in total. The second kappa shape index (κ2) is 10.8. The van der Waals surface area contributed by atoms with E-state index >= 15 is 0 Å². The maximum Gasteiger partial charge on any atom is 0.339 e. The van der Waals surface area contributed by atoms with Crippen LogP contribution in [-0.4, -0.2) is 39.1 Å². The van der Waals surface area contributed by atoms with Crippen LogP contribution in [0.5, 0.6) is 5.75 Å². The number of benzene rings is 2. The molecule has 0 saturated heterocycles. The molecule has 168 valence electrons. The average Bonchev–Trinajstić information content (AvgIpc) is 3.13. The van der Waals surface area contributed by atoms with E-state index in [4.69, 9.17) is 4.18 Å². The molecule has 1 heterocycles. The average molecular weight is 463 g/mol. The molecule has 0 atom stereocenters. The molecule has 0 fully saturated rings. The maximum absolute atomic E-state index is 12.7. The predicted molar refractivity (Wildman–Crippen MR) is 129 cm³/mol. The van der Waals surface area contributed by atoms with Crippen LogP contribution in [0.15, 0.2) is 47.4 Å². The Morgan fingerprint density at radius 1 is 1.03 bits per heavy atom. The summed E-state index contributed by atoms with van der Waals surface area (Å²) in [6.45, 7) is 8.78. The molecule has 0 radical (unpaired) electrons. The van der Waals surface area contributed by atoms with Crippen molar-refractivity contribution in [2.45, 2.75) is 44.6 Å². The van der Waals surface area contributed by atoms with Gasteiger partial charge in [0.05, 0.1) is 10.2 Å². The summed E-state index contributed by atoms with van der Waals surface area (Å²) >= 11 is 1.49. The van der Waals surface area contributed by atoms with Crippen LogP contribution in [0.25, 0.3) is 10.2 Å². The summed E-state index contributed by atoms with van der Waals surface area (Å²) in [5, 5.41) is 10.7. The number of anilines is 2. The van der Waals surface area contributed by atoms with E-state index in [0.29, 0.717) is 6.04 Å². The minimum absolute atomic E-state index is 0.115.